The van der Waals surface area contributed by atoms with Gasteiger partial charge in [0.15, 0.2) is 5.65 Å². The number of hydrogen-bond acceptors (Lipinski definition) is 4. The van der Waals surface area contributed by atoms with Gasteiger partial charge in [0.2, 0.25) is 0 Å². The Bertz CT molecular complexity index is 1110. The summed E-state index contributed by atoms with van der Waals surface area (Å²) in [7, 11) is 1.58. The van der Waals surface area contributed by atoms with Crippen molar-refractivity contribution in [3.05, 3.63) is 78.5 Å². The third-order valence-corrected chi connectivity index (χ3v) is 4.49. The van der Waals surface area contributed by atoms with Crippen molar-refractivity contribution in [3.63, 3.8) is 0 Å². The van der Waals surface area contributed by atoms with Gasteiger partial charge >= 0.3 is 0 Å². The number of carbonyl (C=O) groups is 1. The number of rotatable bonds is 6. The number of imidazole rings is 1. The lowest BCUT2D eigenvalue weighted by atomic mass is 10.2. The van der Waals surface area contributed by atoms with Gasteiger partial charge in [-0.1, -0.05) is 36.4 Å². The maximum absolute atomic E-state index is 12.5. The molecule has 0 saturated carbocycles. The lowest BCUT2D eigenvalue weighted by Gasteiger charge is -2.10. The molecule has 0 aliphatic rings. The topological polar surface area (TPSA) is 69.0 Å². The first kappa shape index (κ1) is 17.7. The lowest BCUT2D eigenvalue weighted by Crippen LogP contribution is -2.27. The van der Waals surface area contributed by atoms with Crippen LogP contribution < -0.4 is 10.1 Å². The first-order valence-electron chi connectivity index (χ1n) is 9.05. The molecule has 2 aromatic heterocycles. The number of benzene rings is 2. The van der Waals surface area contributed by atoms with E-state index in [-0.39, 0.29) is 5.91 Å². The Morgan fingerprint density at radius 1 is 1.07 bits per heavy atom. The molecule has 2 aromatic carbocycles. The van der Waals surface area contributed by atoms with E-state index < -0.39 is 0 Å². The summed E-state index contributed by atoms with van der Waals surface area (Å²) in [5, 5.41) is 2.96. The van der Waals surface area contributed by atoms with E-state index in [2.05, 4.69) is 10.3 Å². The molecule has 0 spiro atoms. The fourth-order valence-electron chi connectivity index (χ4n) is 3.13. The number of aromatic nitrogens is 3. The third-order valence-electron chi connectivity index (χ3n) is 4.49. The van der Waals surface area contributed by atoms with Gasteiger partial charge in [0, 0.05) is 30.4 Å². The molecule has 0 aliphatic heterocycles. The van der Waals surface area contributed by atoms with Crippen LogP contribution in [0.4, 0.5) is 0 Å². The van der Waals surface area contributed by atoms with E-state index in [1.807, 2.05) is 53.1 Å². The Kier molecular flexibility index (Phi) is 5.01. The van der Waals surface area contributed by atoms with Gasteiger partial charge in [0.05, 0.1) is 7.11 Å². The zero-order valence-electron chi connectivity index (χ0n) is 15.5. The molecule has 4 aromatic rings. The number of ether oxygens (including phenoxy) is 1. The molecule has 6 nitrogen and oxygen atoms in total. The van der Waals surface area contributed by atoms with Crippen LogP contribution in [0.3, 0.4) is 0 Å². The van der Waals surface area contributed by atoms with Gasteiger partial charge in [0.1, 0.15) is 17.1 Å². The highest BCUT2D eigenvalue weighted by molar-refractivity contribution is 5.94. The zero-order valence-corrected chi connectivity index (χ0v) is 15.5. The molecule has 1 amide bonds. The fourth-order valence-corrected chi connectivity index (χ4v) is 3.13. The maximum Gasteiger partial charge on any atom is 0.251 e. The summed E-state index contributed by atoms with van der Waals surface area (Å²) in [4.78, 5) is 21.7. The van der Waals surface area contributed by atoms with Gasteiger partial charge in [-0.3, -0.25) is 4.79 Å². The molecular weight excluding hydrogens is 352 g/mol. The van der Waals surface area contributed by atoms with Crippen LogP contribution in [0.1, 0.15) is 10.4 Å². The van der Waals surface area contributed by atoms with Crippen molar-refractivity contribution < 1.29 is 9.53 Å². The molecule has 0 aliphatic carbocycles. The second-order valence-corrected chi connectivity index (χ2v) is 6.29. The quantitative estimate of drug-likeness (QED) is 0.562. The standard InChI is InChI=1S/C22H20N4O2/c1-28-18-10-5-9-17(15-18)22(27)24-13-14-26-20(16-7-3-2-4-8-16)25-19-11-6-12-23-21(19)26/h2-12,15H,13-14H2,1H3,(H,24,27). The van der Waals surface area contributed by atoms with Crippen LogP contribution in [-0.2, 0) is 6.54 Å². The molecule has 0 radical (unpaired) electrons. The molecule has 0 fully saturated rings. The van der Waals surface area contributed by atoms with Crippen molar-refractivity contribution in [3.8, 4) is 17.1 Å². The van der Waals surface area contributed by atoms with E-state index in [0.29, 0.717) is 24.4 Å². The van der Waals surface area contributed by atoms with E-state index in [1.54, 1.807) is 31.5 Å². The molecule has 0 unspecified atom stereocenters. The van der Waals surface area contributed by atoms with Crippen LogP contribution in [0.25, 0.3) is 22.6 Å². The summed E-state index contributed by atoms with van der Waals surface area (Å²) in [6, 6.07) is 20.9. The summed E-state index contributed by atoms with van der Waals surface area (Å²) in [5.74, 6) is 1.35. The number of nitrogens with one attached hydrogen (secondary N) is 1. The van der Waals surface area contributed by atoms with Crippen molar-refractivity contribution in [1.82, 2.24) is 19.9 Å². The molecule has 28 heavy (non-hydrogen) atoms. The zero-order chi connectivity index (χ0) is 19.3. The minimum atomic E-state index is -0.141. The van der Waals surface area contributed by atoms with Crippen molar-refractivity contribution >= 4 is 17.1 Å². The fraction of sp³-hybridized carbons (Fsp3) is 0.136. The molecule has 0 bridgehead atoms. The van der Waals surface area contributed by atoms with Gasteiger partial charge in [-0.25, -0.2) is 9.97 Å². The average Bonchev–Trinajstić information content (AvgIpc) is 3.13. The van der Waals surface area contributed by atoms with Crippen LogP contribution in [-0.4, -0.2) is 34.1 Å². The first-order chi connectivity index (χ1) is 13.8. The minimum absolute atomic E-state index is 0.141. The number of carbonyl (C=O) groups excluding carboxylic acids is 1. The molecule has 6 heteroatoms. The van der Waals surface area contributed by atoms with Crippen LogP contribution in [0.5, 0.6) is 5.75 Å². The molecule has 0 atom stereocenters. The predicted molar refractivity (Wildman–Crippen MR) is 108 cm³/mol. The number of pyridine rings is 1. The van der Waals surface area contributed by atoms with E-state index in [1.165, 1.54) is 0 Å². The van der Waals surface area contributed by atoms with Gasteiger partial charge in [-0.05, 0) is 30.3 Å². The largest absolute Gasteiger partial charge is 0.497 e. The highest BCUT2D eigenvalue weighted by Gasteiger charge is 2.13. The maximum atomic E-state index is 12.5. The first-order valence-corrected chi connectivity index (χ1v) is 9.05. The van der Waals surface area contributed by atoms with Crippen LogP contribution in [0, 0.1) is 0 Å². The molecular formula is C22H20N4O2. The molecule has 4 rings (SSSR count). The minimum Gasteiger partial charge on any atom is -0.497 e. The third kappa shape index (κ3) is 3.57. The normalized spacial score (nSPS) is 10.8. The van der Waals surface area contributed by atoms with Crippen molar-refractivity contribution in [1.29, 1.82) is 0 Å². The summed E-state index contributed by atoms with van der Waals surface area (Å²) in [6.45, 7) is 1.02. The number of hydrogen-bond donors (Lipinski definition) is 1. The highest BCUT2D eigenvalue weighted by Crippen LogP contribution is 2.23. The van der Waals surface area contributed by atoms with Gasteiger partial charge in [-0.2, -0.15) is 0 Å². The van der Waals surface area contributed by atoms with Gasteiger partial charge < -0.3 is 14.6 Å². The Morgan fingerprint density at radius 2 is 1.93 bits per heavy atom. The summed E-state index contributed by atoms with van der Waals surface area (Å²) in [5.41, 5.74) is 3.22. The lowest BCUT2D eigenvalue weighted by molar-refractivity contribution is 0.0952. The number of fused-ring (bicyclic) bond motifs is 1. The Labute approximate surface area is 162 Å². The highest BCUT2D eigenvalue weighted by atomic mass is 16.5. The Morgan fingerprint density at radius 3 is 2.75 bits per heavy atom. The van der Waals surface area contributed by atoms with Crippen LogP contribution in [0.2, 0.25) is 0 Å². The summed E-state index contributed by atoms with van der Waals surface area (Å²) >= 11 is 0. The molecule has 1 N–H and O–H groups in total. The second-order valence-electron chi connectivity index (χ2n) is 6.29. The van der Waals surface area contributed by atoms with Gasteiger partial charge in [0.25, 0.3) is 5.91 Å². The Hall–Kier alpha value is -3.67. The number of methoxy groups -OCH3 is 1. The monoisotopic (exact) mass is 372 g/mol. The average molecular weight is 372 g/mol. The SMILES string of the molecule is COc1cccc(C(=O)NCCn2c(-c3ccccc3)nc3cccnc32)c1. The summed E-state index contributed by atoms with van der Waals surface area (Å²) < 4.78 is 7.22. The summed E-state index contributed by atoms with van der Waals surface area (Å²) in [6.07, 6.45) is 1.75. The second kappa shape index (κ2) is 7.92. The van der Waals surface area contributed by atoms with E-state index >= 15 is 0 Å². The Balaban J connectivity index is 1.55. The molecule has 2 heterocycles. The van der Waals surface area contributed by atoms with Crippen LogP contribution >= 0.6 is 0 Å². The van der Waals surface area contributed by atoms with Crippen molar-refractivity contribution in [2.24, 2.45) is 0 Å². The van der Waals surface area contributed by atoms with E-state index in [4.69, 9.17) is 9.72 Å². The number of nitrogens with zero attached hydrogens (tertiary/aromatic N) is 3. The molecule has 140 valence electrons. The predicted octanol–water partition coefficient (Wildman–Crippen LogP) is 3.54. The van der Waals surface area contributed by atoms with Crippen LogP contribution in [0.15, 0.2) is 72.9 Å². The van der Waals surface area contributed by atoms with Gasteiger partial charge in [-0.15, -0.1) is 0 Å². The van der Waals surface area contributed by atoms with Crippen molar-refractivity contribution in [2.45, 2.75) is 6.54 Å². The van der Waals surface area contributed by atoms with Crippen molar-refractivity contribution in [2.75, 3.05) is 13.7 Å². The smallest absolute Gasteiger partial charge is 0.251 e. The van der Waals surface area contributed by atoms with E-state index in [9.17, 15) is 4.79 Å². The number of amides is 1. The van der Waals surface area contributed by atoms with E-state index in [0.717, 1.165) is 22.6 Å². The molecule has 0 saturated heterocycles.